The summed E-state index contributed by atoms with van der Waals surface area (Å²) < 4.78 is 29.4. The predicted octanol–water partition coefficient (Wildman–Crippen LogP) is 7.71. The maximum absolute atomic E-state index is 14.6. The minimum absolute atomic E-state index is 0.00446. The van der Waals surface area contributed by atoms with Gasteiger partial charge in [-0.15, -0.1) is 0 Å². The van der Waals surface area contributed by atoms with Crippen molar-refractivity contribution in [1.82, 2.24) is 10.2 Å². The van der Waals surface area contributed by atoms with Gasteiger partial charge < -0.3 is 10.2 Å². The molecular formula is C35H36Cl3N3O4S. The molecule has 0 saturated heterocycles. The number of nitrogens with one attached hydrogen (secondary N) is 1. The van der Waals surface area contributed by atoms with Crippen LogP contribution in [0.4, 0.5) is 5.69 Å². The van der Waals surface area contributed by atoms with Crippen LogP contribution < -0.4 is 9.62 Å². The third kappa shape index (κ3) is 8.82. The lowest BCUT2D eigenvalue weighted by molar-refractivity contribution is -0.140. The highest BCUT2D eigenvalue weighted by molar-refractivity contribution is 7.92. The van der Waals surface area contributed by atoms with Crippen LogP contribution in [-0.2, 0) is 32.6 Å². The van der Waals surface area contributed by atoms with E-state index >= 15 is 0 Å². The standard InChI is InChI=1S/C35H36Cl3N3O4S/c1-4-25(3)39-35(43)33(19-26-11-7-5-8-12-26)40(22-27-16-18-28(36)20-31(27)38)34(42)23-41(32-21-29(37)17-15-24(32)2)46(44,45)30-13-9-6-10-14-30/h5-18,20-21,25,33H,4,19,22-23H2,1-3H3,(H,39,43)/t25-,33-/m0/s1. The monoisotopic (exact) mass is 699 g/mol. The number of amides is 2. The van der Waals surface area contributed by atoms with Crippen molar-refractivity contribution in [2.75, 3.05) is 10.8 Å². The number of nitrogens with zero attached hydrogens (tertiary/aromatic N) is 2. The van der Waals surface area contributed by atoms with Crippen molar-refractivity contribution in [3.63, 3.8) is 0 Å². The number of benzene rings is 4. The molecule has 4 aromatic rings. The largest absolute Gasteiger partial charge is 0.352 e. The molecule has 0 heterocycles. The molecule has 11 heteroatoms. The SMILES string of the molecule is CC[C@H](C)NC(=O)[C@H](Cc1ccccc1)N(Cc1ccc(Cl)cc1Cl)C(=O)CN(c1cc(Cl)ccc1C)S(=O)(=O)c1ccccc1. The van der Waals surface area contributed by atoms with Gasteiger partial charge >= 0.3 is 0 Å². The molecule has 2 atom stereocenters. The minimum Gasteiger partial charge on any atom is -0.352 e. The van der Waals surface area contributed by atoms with Crippen LogP contribution >= 0.6 is 34.8 Å². The van der Waals surface area contributed by atoms with Crippen molar-refractivity contribution in [3.8, 4) is 0 Å². The molecule has 0 radical (unpaired) electrons. The molecule has 0 bridgehead atoms. The smallest absolute Gasteiger partial charge is 0.264 e. The Morgan fingerprint density at radius 1 is 0.848 bits per heavy atom. The fraction of sp³-hybridized carbons (Fsp3) is 0.257. The zero-order valence-electron chi connectivity index (χ0n) is 25.8. The molecule has 1 N–H and O–H groups in total. The second-order valence-electron chi connectivity index (χ2n) is 11.0. The molecule has 0 spiro atoms. The van der Waals surface area contributed by atoms with Crippen molar-refractivity contribution in [2.24, 2.45) is 0 Å². The number of anilines is 1. The zero-order valence-corrected chi connectivity index (χ0v) is 28.9. The number of halogens is 3. The van der Waals surface area contributed by atoms with Gasteiger partial charge in [-0.3, -0.25) is 13.9 Å². The molecule has 4 aromatic carbocycles. The second-order valence-corrected chi connectivity index (χ2v) is 14.2. The summed E-state index contributed by atoms with van der Waals surface area (Å²) in [5.41, 5.74) is 2.22. The van der Waals surface area contributed by atoms with Gasteiger partial charge in [0, 0.05) is 34.1 Å². The molecule has 7 nitrogen and oxygen atoms in total. The van der Waals surface area contributed by atoms with Gasteiger partial charge in [0.1, 0.15) is 12.6 Å². The van der Waals surface area contributed by atoms with Gasteiger partial charge in [-0.1, -0.05) is 102 Å². The Hall–Kier alpha value is -3.56. The van der Waals surface area contributed by atoms with Crippen LogP contribution in [0.25, 0.3) is 0 Å². The maximum Gasteiger partial charge on any atom is 0.264 e. The average Bonchev–Trinajstić information content (AvgIpc) is 3.04. The first-order valence-corrected chi connectivity index (χ1v) is 17.4. The molecule has 4 rings (SSSR count). The second kappa shape index (κ2) is 15.8. The molecule has 46 heavy (non-hydrogen) atoms. The Balaban J connectivity index is 1.85. The van der Waals surface area contributed by atoms with Crippen molar-refractivity contribution in [2.45, 2.75) is 57.1 Å². The fourth-order valence-corrected chi connectivity index (χ4v) is 7.04. The Morgan fingerprint density at radius 2 is 1.46 bits per heavy atom. The summed E-state index contributed by atoms with van der Waals surface area (Å²) >= 11 is 19.1. The molecule has 0 saturated carbocycles. The number of rotatable bonds is 13. The van der Waals surface area contributed by atoms with Crippen LogP contribution in [0.3, 0.4) is 0 Å². The van der Waals surface area contributed by atoms with Gasteiger partial charge in [0.05, 0.1) is 10.6 Å². The van der Waals surface area contributed by atoms with Crippen molar-refractivity contribution >= 4 is 62.3 Å². The lowest BCUT2D eigenvalue weighted by Gasteiger charge is -2.34. The summed E-state index contributed by atoms with van der Waals surface area (Å²) in [6, 6.07) is 25.8. The normalized spacial score (nSPS) is 12.7. The van der Waals surface area contributed by atoms with Gasteiger partial charge in [0.15, 0.2) is 0 Å². The molecular weight excluding hydrogens is 665 g/mol. The third-order valence-corrected chi connectivity index (χ3v) is 10.3. The van der Waals surface area contributed by atoms with Gasteiger partial charge in [0.25, 0.3) is 10.0 Å². The van der Waals surface area contributed by atoms with Crippen molar-refractivity contribution < 1.29 is 18.0 Å². The van der Waals surface area contributed by atoms with E-state index in [1.165, 1.54) is 23.1 Å². The van der Waals surface area contributed by atoms with E-state index in [9.17, 15) is 18.0 Å². The molecule has 242 valence electrons. The van der Waals surface area contributed by atoms with E-state index in [0.29, 0.717) is 32.6 Å². The van der Waals surface area contributed by atoms with E-state index in [2.05, 4.69) is 5.32 Å². The number of aryl methyl sites for hydroxylation is 1. The maximum atomic E-state index is 14.6. The zero-order chi connectivity index (χ0) is 33.4. The highest BCUT2D eigenvalue weighted by atomic mass is 35.5. The first-order valence-electron chi connectivity index (χ1n) is 14.8. The molecule has 0 unspecified atom stereocenters. The third-order valence-electron chi connectivity index (χ3n) is 7.68. The average molecular weight is 701 g/mol. The van der Waals surface area contributed by atoms with E-state index in [0.717, 1.165) is 9.87 Å². The summed E-state index contributed by atoms with van der Waals surface area (Å²) in [4.78, 5) is 30.0. The van der Waals surface area contributed by atoms with Crippen LogP contribution in [0.2, 0.25) is 15.1 Å². The van der Waals surface area contributed by atoms with Gasteiger partial charge in [-0.05, 0) is 73.4 Å². The van der Waals surface area contributed by atoms with E-state index in [4.69, 9.17) is 34.8 Å². The molecule has 0 aliphatic heterocycles. The van der Waals surface area contributed by atoms with Gasteiger partial charge in [-0.2, -0.15) is 0 Å². The van der Waals surface area contributed by atoms with E-state index in [-0.39, 0.29) is 35.5 Å². The molecule has 0 fully saturated rings. The number of hydrogen-bond acceptors (Lipinski definition) is 4. The van der Waals surface area contributed by atoms with Gasteiger partial charge in [-0.25, -0.2) is 8.42 Å². The number of carbonyl (C=O) groups is 2. The van der Waals surface area contributed by atoms with Crippen LogP contribution in [0.15, 0.2) is 102 Å². The Morgan fingerprint density at radius 3 is 2.09 bits per heavy atom. The lowest BCUT2D eigenvalue weighted by atomic mass is 10.0. The highest BCUT2D eigenvalue weighted by Gasteiger charge is 2.35. The van der Waals surface area contributed by atoms with Crippen molar-refractivity contribution in [1.29, 1.82) is 0 Å². The number of hydrogen-bond donors (Lipinski definition) is 1. The molecule has 0 aliphatic rings. The van der Waals surface area contributed by atoms with E-state index < -0.39 is 28.5 Å². The summed E-state index contributed by atoms with van der Waals surface area (Å²) in [7, 11) is -4.25. The number of sulfonamides is 1. The van der Waals surface area contributed by atoms with Crippen LogP contribution in [0, 0.1) is 6.92 Å². The Kier molecular flexibility index (Phi) is 12.1. The predicted molar refractivity (Wildman–Crippen MR) is 186 cm³/mol. The quantitative estimate of drug-likeness (QED) is 0.155. The van der Waals surface area contributed by atoms with Crippen LogP contribution in [0.5, 0.6) is 0 Å². The van der Waals surface area contributed by atoms with Crippen LogP contribution in [-0.4, -0.2) is 43.8 Å². The Labute approximate surface area is 286 Å². The van der Waals surface area contributed by atoms with Crippen LogP contribution in [0.1, 0.15) is 37.0 Å². The van der Waals surface area contributed by atoms with E-state index in [1.807, 2.05) is 44.2 Å². The van der Waals surface area contributed by atoms with Crippen molar-refractivity contribution in [3.05, 3.63) is 129 Å². The van der Waals surface area contributed by atoms with Gasteiger partial charge in [0.2, 0.25) is 11.8 Å². The fourth-order valence-electron chi connectivity index (χ4n) is 4.91. The molecule has 2 amide bonds. The summed E-state index contributed by atoms with van der Waals surface area (Å²) in [5, 5.41) is 4.05. The highest BCUT2D eigenvalue weighted by Crippen LogP contribution is 2.31. The minimum atomic E-state index is -4.25. The summed E-state index contributed by atoms with van der Waals surface area (Å²) in [6.45, 7) is 4.90. The molecule has 0 aliphatic carbocycles. The first kappa shape index (κ1) is 35.3. The first-order chi connectivity index (χ1) is 21.9. The Bertz CT molecular complexity index is 1770. The topological polar surface area (TPSA) is 86.8 Å². The summed E-state index contributed by atoms with van der Waals surface area (Å²) in [5.74, 6) is -0.974. The lowest BCUT2D eigenvalue weighted by Crippen LogP contribution is -2.54. The molecule has 0 aromatic heterocycles. The number of carbonyl (C=O) groups excluding carboxylic acids is 2. The van der Waals surface area contributed by atoms with E-state index in [1.54, 1.807) is 55.5 Å². The summed E-state index contributed by atoms with van der Waals surface area (Å²) in [6.07, 6.45) is 0.861.